The third-order valence-electron chi connectivity index (χ3n) is 4.50. The Labute approximate surface area is 149 Å². The minimum absolute atomic E-state index is 0.195. The van der Waals surface area contributed by atoms with E-state index in [1.165, 1.54) is 32.2 Å². The van der Waals surface area contributed by atoms with Gasteiger partial charge in [0.25, 0.3) is 5.91 Å². The van der Waals surface area contributed by atoms with Crippen molar-refractivity contribution in [3.8, 4) is 0 Å². The molecule has 0 aromatic carbocycles. The van der Waals surface area contributed by atoms with Gasteiger partial charge in [-0.05, 0) is 63.4 Å². The predicted molar refractivity (Wildman–Crippen MR) is 96.5 cm³/mol. The summed E-state index contributed by atoms with van der Waals surface area (Å²) in [6.45, 7) is 7.27. The quantitative estimate of drug-likeness (QED) is 0.593. The normalized spacial score (nSPS) is 15.7. The Bertz CT molecular complexity index is 510. The lowest BCUT2D eigenvalue weighted by Gasteiger charge is -2.30. The number of piperidine rings is 1. The van der Waals surface area contributed by atoms with Crippen LogP contribution in [0.5, 0.6) is 0 Å². The first-order valence-electron chi connectivity index (χ1n) is 9.21. The van der Waals surface area contributed by atoms with Gasteiger partial charge < -0.3 is 25.3 Å². The molecule has 1 aliphatic heterocycles. The van der Waals surface area contributed by atoms with E-state index in [1.807, 2.05) is 0 Å². The molecule has 0 spiro atoms. The Hall–Kier alpha value is -2.02. The average Bonchev–Trinajstić information content (AvgIpc) is 3.14. The Kier molecular flexibility index (Phi) is 8.31. The third-order valence-corrected chi connectivity index (χ3v) is 4.50. The van der Waals surface area contributed by atoms with E-state index < -0.39 is 0 Å². The summed E-state index contributed by atoms with van der Waals surface area (Å²) in [6.07, 6.45) is 6.14. The SMILES string of the molecule is CC1CCN(CCCCNC(=O)NCCNC(=O)c2ccco2)CC1. The van der Waals surface area contributed by atoms with Crippen molar-refractivity contribution < 1.29 is 14.0 Å². The maximum absolute atomic E-state index is 11.7. The van der Waals surface area contributed by atoms with E-state index in [1.54, 1.807) is 12.1 Å². The topological polar surface area (TPSA) is 86.6 Å². The smallest absolute Gasteiger partial charge is 0.314 e. The molecule has 1 aromatic rings. The Morgan fingerprint density at radius 2 is 1.84 bits per heavy atom. The predicted octanol–water partition coefficient (Wildman–Crippen LogP) is 1.82. The molecular weight excluding hydrogens is 320 g/mol. The zero-order valence-electron chi connectivity index (χ0n) is 15.1. The minimum atomic E-state index is -0.278. The first-order valence-corrected chi connectivity index (χ1v) is 9.21. The molecule has 0 saturated carbocycles. The van der Waals surface area contributed by atoms with Gasteiger partial charge in [0.15, 0.2) is 5.76 Å². The molecule has 7 nitrogen and oxygen atoms in total. The molecule has 0 bridgehead atoms. The van der Waals surface area contributed by atoms with E-state index in [4.69, 9.17) is 4.42 Å². The second-order valence-electron chi connectivity index (χ2n) is 6.65. The maximum Gasteiger partial charge on any atom is 0.314 e. The van der Waals surface area contributed by atoms with Gasteiger partial charge in [-0.15, -0.1) is 0 Å². The molecule has 140 valence electrons. The number of urea groups is 1. The van der Waals surface area contributed by atoms with Gasteiger partial charge in [0.2, 0.25) is 0 Å². The lowest BCUT2D eigenvalue weighted by atomic mass is 9.99. The average molecular weight is 350 g/mol. The summed E-state index contributed by atoms with van der Waals surface area (Å²) in [5.41, 5.74) is 0. The summed E-state index contributed by atoms with van der Waals surface area (Å²) in [7, 11) is 0. The van der Waals surface area contributed by atoms with Crippen molar-refractivity contribution in [2.75, 3.05) is 39.3 Å². The molecule has 0 aliphatic carbocycles. The van der Waals surface area contributed by atoms with Crippen molar-refractivity contribution in [2.45, 2.75) is 32.6 Å². The number of carbonyl (C=O) groups is 2. The fraction of sp³-hybridized carbons (Fsp3) is 0.667. The molecule has 0 unspecified atom stereocenters. The fourth-order valence-electron chi connectivity index (χ4n) is 2.86. The number of hydrogen-bond acceptors (Lipinski definition) is 4. The Morgan fingerprint density at radius 1 is 1.12 bits per heavy atom. The number of amides is 3. The summed E-state index contributed by atoms with van der Waals surface area (Å²) >= 11 is 0. The van der Waals surface area contributed by atoms with Crippen LogP contribution in [0, 0.1) is 5.92 Å². The second-order valence-corrected chi connectivity index (χ2v) is 6.65. The van der Waals surface area contributed by atoms with Crippen molar-refractivity contribution >= 4 is 11.9 Å². The lowest BCUT2D eigenvalue weighted by Crippen LogP contribution is -2.40. The molecule has 7 heteroatoms. The third kappa shape index (κ3) is 7.60. The van der Waals surface area contributed by atoms with Crippen LogP contribution >= 0.6 is 0 Å². The standard InChI is InChI=1S/C18H30N4O3/c1-15-6-12-22(13-7-15)11-3-2-8-20-18(24)21-10-9-19-17(23)16-5-4-14-25-16/h4-5,14-15H,2-3,6-13H2,1H3,(H,19,23)(H2,20,21,24). The number of carbonyl (C=O) groups excluding carboxylic acids is 2. The van der Waals surface area contributed by atoms with E-state index in [2.05, 4.69) is 27.8 Å². The molecule has 0 radical (unpaired) electrons. The lowest BCUT2D eigenvalue weighted by molar-refractivity contribution is 0.0926. The molecule has 0 atom stereocenters. The molecule has 1 fully saturated rings. The van der Waals surface area contributed by atoms with Crippen molar-refractivity contribution in [2.24, 2.45) is 5.92 Å². The highest BCUT2D eigenvalue weighted by Crippen LogP contribution is 2.15. The van der Waals surface area contributed by atoms with Gasteiger partial charge >= 0.3 is 6.03 Å². The summed E-state index contributed by atoms with van der Waals surface area (Å²) in [5.74, 6) is 0.859. The van der Waals surface area contributed by atoms with Crippen LogP contribution in [0.3, 0.4) is 0 Å². The van der Waals surface area contributed by atoms with Crippen LogP contribution in [0.15, 0.2) is 22.8 Å². The van der Waals surface area contributed by atoms with Crippen LogP contribution in [0.2, 0.25) is 0 Å². The first-order chi connectivity index (χ1) is 12.1. The molecule has 1 aromatic heterocycles. The molecule has 2 heterocycles. The van der Waals surface area contributed by atoms with Crippen LogP contribution in [0.1, 0.15) is 43.2 Å². The van der Waals surface area contributed by atoms with E-state index in [9.17, 15) is 9.59 Å². The van der Waals surface area contributed by atoms with Gasteiger partial charge in [-0.2, -0.15) is 0 Å². The van der Waals surface area contributed by atoms with Gasteiger partial charge in [-0.1, -0.05) is 6.92 Å². The van der Waals surface area contributed by atoms with Crippen LogP contribution in [0.4, 0.5) is 4.79 Å². The molecule has 25 heavy (non-hydrogen) atoms. The van der Waals surface area contributed by atoms with Gasteiger partial charge in [-0.3, -0.25) is 4.79 Å². The molecule has 1 aliphatic rings. The van der Waals surface area contributed by atoms with E-state index >= 15 is 0 Å². The Balaban J connectivity index is 1.41. The Morgan fingerprint density at radius 3 is 2.56 bits per heavy atom. The van der Waals surface area contributed by atoms with Gasteiger partial charge in [0, 0.05) is 19.6 Å². The summed E-state index contributed by atoms with van der Waals surface area (Å²) in [4.78, 5) is 25.8. The number of nitrogens with one attached hydrogen (secondary N) is 3. The zero-order valence-corrected chi connectivity index (χ0v) is 15.1. The van der Waals surface area contributed by atoms with Crippen molar-refractivity contribution in [3.05, 3.63) is 24.2 Å². The number of likely N-dealkylation sites (tertiary alicyclic amines) is 1. The second kappa shape index (κ2) is 10.8. The van der Waals surface area contributed by atoms with Crippen LogP contribution in [-0.2, 0) is 0 Å². The highest BCUT2D eigenvalue weighted by Gasteiger charge is 2.14. The number of rotatable bonds is 9. The summed E-state index contributed by atoms with van der Waals surface area (Å²) in [6, 6.07) is 3.06. The highest BCUT2D eigenvalue weighted by atomic mass is 16.3. The number of unbranched alkanes of at least 4 members (excludes halogenated alkanes) is 1. The largest absolute Gasteiger partial charge is 0.459 e. The first kappa shape index (κ1) is 19.3. The van der Waals surface area contributed by atoms with E-state index in [-0.39, 0.29) is 17.7 Å². The van der Waals surface area contributed by atoms with E-state index in [0.29, 0.717) is 19.6 Å². The number of hydrogen-bond donors (Lipinski definition) is 3. The van der Waals surface area contributed by atoms with Crippen molar-refractivity contribution in [3.63, 3.8) is 0 Å². The van der Waals surface area contributed by atoms with Gasteiger partial charge in [-0.25, -0.2) is 4.79 Å². The maximum atomic E-state index is 11.7. The molecule has 3 amide bonds. The molecule has 2 rings (SSSR count). The minimum Gasteiger partial charge on any atom is -0.459 e. The summed E-state index contributed by atoms with van der Waals surface area (Å²) < 4.78 is 4.98. The number of furan rings is 1. The fourth-order valence-corrected chi connectivity index (χ4v) is 2.86. The monoisotopic (exact) mass is 350 g/mol. The van der Waals surface area contributed by atoms with Crippen molar-refractivity contribution in [1.29, 1.82) is 0 Å². The van der Waals surface area contributed by atoms with Crippen LogP contribution in [0.25, 0.3) is 0 Å². The number of nitrogens with zero attached hydrogens (tertiary/aromatic N) is 1. The summed E-state index contributed by atoms with van der Waals surface area (Å²) in [5, 5.41) is 8.24. The van der Waals surface area contributed by atoms with Gasteiger partial charge in [0.1, 0.15) is 0 Å². The molecular formula is C18H30N4O3. The van der Waals surface area contributed by atoms with Crippen LogP contribution in [-0.4, -0.2) is 56.1 Å². The highest BCUT2D eigenvalue weighted by molar-refractivity contribution is 5.91. The van der Waals surface area contributed by atoms with Crippen LogP contribution < -0.4 is 16.0 Å². The zero-order chi connectivity index (χ0) is 17.9. The molecule has 3 N–H and O–H groups in total. The molecule has 1 saturated heterocycles. The van der Waals surface area contributed by atoms with Crippen molar-refractivity contribution in [1.82, 2.24) is 20.9 Å². The van der Waals surface area contributed by atoms with Gasteiger partial charge in [0.05, 0.1) is 6.26 Å². The van der Waals surface area contributed by atoms with E-state index in [0.717, 1.165) is 25.3 Å².